The molecule has 0 aliphatic carbocycles. The quantitative estimate of drug-likeness (QED) is 0.371. The number of hydrogen-bond donors (Lipinski definition) is 2. The number of benzene rings is 1. The van der Waals surface area contributed by atoms with E-state index in [0.29, 0.717) is 12.4 Å². The third kappa shape index (κ3) is 3.42. The van der Waals surface area contributed by atoms with Gasteiger partial charge in [-0.15, -0.1) is 0 Å². The number of oxime groups is 1. The molecule has 0 fully saturated rings. The van der Waals surface area contributed by atoms with Crippen molar-refractivity contribution < 1.29 is 14.7 Å². The Bertz CT molecular complexity index is 616. The predicted octanol–water partition coefficient (Wildman–Crippen LogP) is 1.51. The zero-order valence-corrected chi connectivity index (χ0v) is 10.9. The average molecular weight is 274 g/mol. The van der Waals surface area contributed by atoms with Crippen LogP contribution in [-0.2, 0) is 11.3 Å². The summed E-state index contributed by atoms with van der Waals surface area (Å²) in [5.41, 5.74) is 6.71. The zero-order valence-electron chi connectivity index (χ0n) is 10.9. The molecule has 1 aromatic carbocycles. The molecule has 7 nitrogen and oxygen atoms in total. The van der Waals surface area contributed by atoms with Crippen LogP contribution in [0.15, 0.2) is 41.7 Å². The molecule has 0 unspecified atom stereocenters. The second kappa shape index (κ2) is 6.48. The van der Waals surface area contributed by atoms with E-state index < -0.39 is 0 Å². The maximum Gasteiger partial charge on any atom is 0.322 e. The number of aromatic nitrogens is 2. The lowest BCUT2D eigenvalue weighted by molar-refractivity contribution is 0.184. The summed E-state index contributed by atoms with van der Waals surface area (Å²) >= 11 is 0. The van der Waals surface area contributed by atoms with Gasteiger partial charge in [0, 0.05) is 13.3 Å². The first-order chi connectivity index (χ1) is 9.72. The van der Waals surface area contributed by atoms with Crippen LogP contribution in [-0.4, -0.2) is 28.1 Å². The molecule has 0 spiro atoms. The van der Waals surface area contributed by atoms with E-state index in [9.17, 15) is 0 Å². The van der Waals surface area contributed by atoms with Gasteiger partial charge < -0.3 is 20.4 Å². The molecule has 0 aliphatic heterocycles. The first-order valence-corrected chi connectivity index (χ1v) is 5.79. The minimum atomic E-state index is -0.106. The molecule has 0 saturated heterocycles. The lowest BCUT2D eigenvalue weighted by Gasteiger charge is -2.06. The van der Waals surface area contributed by atoms with Crippen LogP contribution in [0.1, 0.15) is 11.3 Å². The largest absolute Gasteiger partial charge is 0.424 e. The average Bonchev–Trinajstić information content (AvgIpc) is 2.47. The van der Waals surface area contributed by atoms with Gasteiger partial charge in [0.1, 0.15) is 11.4 Å². The molecular weight excluding hydrogens is 260 g/mol. The van der Waals surface area contributed by atoms with E-state index in [1.165, 1.54) is 12.3 Å². The molecule has 20 heavy (non-hydrogen) atoms. The highest BCUT2D eigenvalue weighted by molar-refractivity contribution is 5.95. The van der Waals surface area contributed by atoms with Gasteiger partial charge in [0.05, 0.1) is 6.61 Å². The monoisotopic (exact) mass is 274 g/mol. The smallest absolute Gasteiger partial charge is 0.322 e. The lowest BCUT2D eigenvalue weighted by Crippen LogP contribution is -2.15. The van der Waals surface area contributed by atoms with E-state index in [2.05, 4.69) is 15.1 Å². The molecule has 0 saturated carbocycles. The van der Waals surface area contributed by atoms with Gasteiger partial charge in [-0.25, -0.2) is 4.98 Å². The fraction of sp³-hybridized carbons (Fsp3) is 0.154. The molecule has 0 amide bonds. The van der Waals surface area contributed by atoms with Crippen LogP contribution in [0, 0.1) is 0 Å². The minimum absolute atomic E-state index is 0.106. The number of nitrogens with two attached hydrogens (primary N) is 1. The van der Waals surface area contributed by atoms with Crippen LogP contribution >= 0.6 is 0 Å². The summed E-state index contributed by atoms with van der Waals surface area (Å²) in [7, 11) is 1.62. The molecule has 7 heteroatoms. The molecule has 0 atom stereocenters. The van der Waals surface area contributed by atoms with Crippen molar-refractivity contribution in [2.45, 2.75) is 6.61 Å². The van der Waals surface area contributed by atoms with Gasteiger partial charge in [-0.1, -0.05) is 17.3 Å². The van der Waals surface area contributed by atoms with Gasteiger partial charge in [0.2, 0.25) is 0 Å². The number of hydrogen-bond acceptors (Lipinski definition) is 6. The van der Waals surface area contributed by atoms with Crippen LogP contribution in [0.3, 0.4) is 0 Å². The number of ether oxygens (including phenoxy) is 2. The second-order valence-corrected chi connectivity index (χ2v) is 3.89. The standard InChI is InChI=1S/C13H14N4O3/c1-19-8-9-3-2-4-10(7-9)20-13-15-6-5-11(16-13)12(14)17-18/h2-7,18H,8H2,1H3,(H2,14,17). The topological polar surface area (TPSA) is 103 Å². The molecule has 1 aromatic heterocycles. The van der Waals surface area contributed by atoms with Gasteiger partial charge in [0.25, 0.3) is 0 Å². The maximum atomic E-state index is 8.61. The van der Waals surface area contributed by atoms with Gasteiger partial charge in [-0.2, -0.15) is 4.98 Å². The summed E-state index contributed by atoms with van der Waals surface area (Å²) in [6.45, 7) is 0.488. The zero-order chi connectivity index (χ0) is 14.4. The summed E-state index contributed by atoms with van der Waals surface area (Å²) < 4.78 is 10.6. The highest BCUT2D eigenvalue weighted by Crippen LogP contribution is 2.19. The maximum absolute atomic E-state index is 8.61. The van der Waals surface area contributed by atoms with Gasteiger partial charge >= 0.3 is 6.01 Å². The predicted molar refractivity (Wildman–Crippen MR) is 71.8 cm³/mol. The molecule has 0 radical (unpaired) electrons. The first kappa shape index (κ1) is 13.8. The third-order valence-electron chi connectivity index (χ3n) is 2.42. The summed E-state index contributed by atoms with van der Waals surface area (Å²) in [6.07, 6.45) is 1.47. The van der Waals surface area contributed by atoms with Gasteiger partial charge in [0.15, 0.2) is 5.84 Å². The molecule has 0 aliphatic rings. The van der Waals surface area contributed by atoms with E-state index in [0.717, 1.165) is 5.56 Å². The Labute approximate surface area is 115 Å². The molecule has 3 N–H and O–H groups in total. The van der Waals surface area contributed by atoms with E-state index in [1.54, 1.807) is 13.2 Å². The van der Waals surface area contributed by atoms with Crippen LogP contribution in [0.4, 0.5) is 0 Å². The van der Waals surface area contributed by atoms with Crippen molar-refractivity contribution in [1.29, 1.82) is 0 Å². The summed E-state index contributed by atoms with van der Waals surface area (Å²) in [4.78, 5) is 8.00. The van der Waals surface area contributed by atoms with Crippen molar-refractivity contribution >= 4 is 5.84 Å². The fourth-order valence-corrected chi connectivity index (χ4v) is 1.55. The molecule has 2 aromatic rings. The van der Waals surface area contributed by atoms with Gasteiger partial charge in [-0.3, -0.25) is 0 Å². The van der Waals surface area contributed by atoms with Crippen molar-refractivity contribution in [2.24, 2.45) is 10.9 Å². The Morgan fingerprint density at radius 1 is 1.40 bits per heavy atom. The van der Waals surface area contributed by atoms with Crippen LogP contribution < -0.4 is 10.5 Å². The molecule has 2 rings (SSSR count). The Morgan fingerprint density at radius 3 is 3.00 bits per heavy atom. The van der Waals surface area contributed by atoms with Gasteiger partial charge in [-0.05, 0) is 23.8 Å². The Balaban J connectivity index is 2.19. The fourth-order valence-electron chi connectivity index (χ4n) is 1.55. The van der Waals surface area contributed by atoms with E-state index in [-0.39, 0.29) is 17.5 Å². The summed E-state index contributed by atoms with van der Waals surface area (Å²) in [6, 6.07) is 9.00. The minimum Gasteiger partial charge on any atom is -0.424 e. The summed E-state index contributed by atoms with van der Waals surface area (Å²) in [5.74, 6) is 0.474. The number of methoxy groups -OCH3 is 1. The van der Waals surface area contributed by atoms with Crippen LogP contribution in [0.25, 0.3) is 0 Å². The van der Waals surface area contributed by atoms with Crippen molar-refractivity contribution in [3.63, 3.8) is 0 Å². The lowest BCUT2D eigenvalue weighted by atomic mass is 10.2. The van der Waals surface area contributed by atoms with Crippen molar-refractivity contribution in [1.82, 2.24) is 9.97 Å². The normalized spacial score (nSPS) is 11.3. The Morgan fingerprint density at radius 2 is 2.25 bits per heavy atom. The third-order valence-corrected chi connectivity index (χ3v) is 2.42. The number of rotatable bonds is 5. The SMILES string of the molecule is COCc1cccc(Oc2nccc(/C(N)=N/O)n2)c1. The van der Waals surface area contributed by atoms with Crippen molar-refractivity contribution in [3.8, 4) is 11.8 Å². The molecule has 1 heterocycles. The Kier molecular flexibility index (Phi) is 4.46. The Hall–Kier alpha value is -2.67. The number of amidine groups is 1. The van der Waals surface area contributed by atoms with E-state index >= 15 is 0 Å². The molecule has 0 bridgehead atoms. The van der Waals surface area contributed by atoms with Crippen LogP contribution in [0.2, 0.25) is 0 Å². The van der Waals surface area contributed by atoms with Crippen LogP contribution in [0.5, 0.6) is 11.8 Å². The van der Waals surface area contributed by atoms with Crippen molar-refractivity contribution in [3.05, 3.63) is 47.8 Å². The van der Waals surface area contributed by atoms with E-state index in [1.807, 2.05) is 18.2 Å². The first-order valence-electron chi connectivity index (χ1n) is 5.79. The summed E-state index contributed by atoms with van der Waals surface area (Å²) in [5, 5.41) is 11.5. The molecule has 104 valence electrons. The number of nitrogens with zero attached hydrogens (tertiary/aromatic N) is 3. The highest BCUT2D eigenvalue weighted by Gasteiger charge is 2.06. The highest BCUT2D eigenvalue weighted by atomic mass is 16.5. The second-order valence-electron chi connectivity index (χ2n) is 3.89. The van der Waals surface area contributed by atoms with E-state index in [4.69, 9.17) is 20.4 Å². The van der Waals surface area contributed by atoms with Crippen molar-refractivity contribution in [2.75, 3.05) is 7.11 Å². The molecular formula is C13H14N4O3.